The van der Waals surface area contributed by atoms with Crippen molar-refractivity contribution in [2.75, 3.05) is 0 Å². The van der Waals surface area contributed by atoms with Gasteiger partial charge in [0.15, 0.2) is 0 Å². The third-order valence-electron chi connectivity index (χ3n) is 3.87. The van der Waals surface area contributed by atoms with Crippen LogP contribution in [0.1, 0.15) is 58.2 Å². The third-order valence-corrected chi connectivity index (χ3v) is 3.87. The van der Waals surface area contributed by atoms with Crippen molar-refractivity contribution in [1.29, 1.82) is 0 Å². The minimum Gasteiger partial charge on any atom is -0.354 e. The molecule has 5 nitrogen and oxygen atoms in total. The van der Waals surface area contributed by atoms with Crippen molar-refractivity contribution in [3.8, 4) is 0 Å². The molecule has 1 saturated heterocycles. The smallest absolute Gasteiger partial charge is 0.330 e. The molecule has 1 aliphatic heterocycles. The van der Waals surface area contributed by atoms with Crippen LogP contribution in [0.2, 0.25) is 0 Å². The summed E-state index contributed by atoms with van der Waals surface area (Å²) in [6, 6.07) is 0. The quantitative estimate of drug-likeness (QED) is 0.910. The predicted octanol–water partition coefficient (Wildman–Crippen LogP) is 1.99. The zero-order chi connectivity index (χ0) is 14.2. The van der Waals surface area contributed by atoms with Crippen molar-refractivity contribution in [2.45, 2.75) is 58.8 Å². The number of nitrogens with one attached hydrogen (secondary N) is 1. The first-order valence-corrected chi connectivity index (χ1v) is 6.94. The van der Waals surface area contributed by atoms with E-state index in [-0.39, 0.29) is 29.5 Å². The Morgan fingerprint density at radius 3 is 2.68 bits per heavy atom. The molecule has 5 heteroatoms. The second-order valence-corrected chi connectivity index (χ2v) is 5.66. The monoisotopic (exact) mass is 266 g/mol. The molecule has 0 amide bonds. The topological polar surface area (TPSA) is 64.1 Å². The highest BCUT2D eigenvalue weighted by Crippen LogP contribution is 2.33. The van der Waals surface area contributed by atoms with Crippen molar-refractivity contribution >= 4 is 0 Å². The summed E-state index contributed by atoms with van der Waals surface area (Å²) in [5.74, 6) is 0.507. The van der Waals surface area contributed by atoms with Crippen molar-refractivity contribution in [3.05, 3.63) is 32.6 Å². The Bertz CT molecular complexity index is 559. The van der Waals surface area contributed by atoms with Gasteiger partial charge in [-0.25, -0.2) is 4.79 Å². The maximum Gasteiger partial charge on any atom is 0.330 e. The molecule has 1 aliphatic rings. The fraction of sp³-hybridized carbons (Fsp3) is 0.714. The first kappa shape index (κ1) is 14.1. The summed E-state index contributed by atoms with van der Waals surface area (Å²) in [6.07, 6.45) is 3.32. The van der Waals surface area contributed by atoms with E-state index in [9.17, 15) is 9.59 Å². The van der Waals surface area contributed by atoms with Crippen LogP contribution in [-0.2, 0) is 4.74 Å². The maximum absolute atomic E-state index is 11.9. The van der Waals surface area contributed by atoms with Gasteiger partial charge in [0.1, 0.15) is 6.23 Å². The van der Waals surface area contributed by atoms with Gasteiger partial charge in [0, 0.05) is 11.8 Å². The lowest BCUT2D eigenvalue weighted by Gasteiger charge is -2.16. The fourth-order valence-corrected chi connectivity index (χ4v) is 2.67. The van der Waals surface area contributed by atoms with Gasteiger partial charge in [0.05, 0.1) is 6.10 Å². The normalized spacial score (nSPS) is 27.1. The van der Waals surface area contributed by atoms with Crippen LogP contribution in [0.5, 0.6) is 0 Å². The lowest BCUT2D eigenvalue weighted by atomic mass is 10.0. The first-order valence-electron chi connectivity index (χ1n) is 6.94. The molecule has 1 aromatic heterocycles. The van der Waals surface area contributed by atoms with Crippen molar-refractivity contribution < 1.29 is 4.74 Å². The number of nitrogens with zero attached hydrogens (tertiary/aromatic N) is 1. The Morgan fingerprint density at radius 1 is 1.47 bits per heavy atom. The summed E-state index contributed by atoms with van der Waals surface area (Å²) in [7, 11) is 0. The van der Waals surface area contributed by atoms with Crippen LogP contribution in [0, 0.1) is 5.92 Å². The molecule has 1 N–H and O–H groups in total. The van der Waals surface area contributed by atoms with E-state index in [1.54, 1.807) is 6.20 Å². The molecular weight excluding hydrogens is 244 g/mol. The molecule has 1 fully saturated rings. The standard InChI is InChI=1S/C14H22N2O3/c1-5-11-9(4)6-12(19-11)16-7-10(8(2)3)13(17)15-14(16)18/h7-9,11-12H,5-6H2,1-4H3,(H,15,17,18). The molecule has 0 saturated carbocycles. The summed E-state index contributed by atoms with van der Waals surface area (Å²) < 4.78 is 7.44. The van der Waals surface area contributed by atoms with E-state index in [4.69, 9.17) is 4.74 Å². The molecule has 1 aromatic rings. The molecule has 106 valence electrons. The molecule has 0 radical (unpaired) electrons. The fourth-order valence-electron chi connectivity index (χ4n) is 2.67. The first-order chi connectivity index (χ1) is 8.93. The summed E-state index contributed by atoms with van der Waals surface area (Å²) >= 11 is 0. The lowest BCUT2D eigenvalue weighted by Crippen LogP contribution is -2.34. The number of aromatic amines is 1. The second kappa shape index (κ2) is 5.33. The number of H-pyrrole nitrogens is 1. The van der Waals surface area contributed by atoms with Crippen molar-refractivity contribution in [1.82, 2.24) is 9.55 Å². The van der Waals surface area contributed by atoms with Gasteiger partial charge >= 0.3 is 5.69 Å². The van der Waals surface area contributed by atoms with Crippen molar-refractivity contribution in [2.24, 2.45) is 5.92 Å². The third kappa shape index (κ3) is 2.66. The van der Waals surface area contributed by atoms with Gasteiger partial charge in [-0.05, 0) is 24.7 Å². The highest BCUT2D eigenvalue weighted by atomic mass is 16.5. The second-order valence-electron chi connectivity index (χ2n) is 5.66. The van der Waals surface area contributed by atoms with Crippen LogP contribution < -0.4 is 11.2 Å². The Hall–Kier alpha value is -1.36. The maximum atomic E-state index is 11.9. The highest BCUT2D eigenvalue weighted by molar-refractivity contribution is 5.09. The SMILES string of the molecule is CCC1OC(n2cc(C(C)C)c(=O)[nH]c2=O)CC1C. The Morgan fingerprint density at radius 2 is 2.16 bits per heavy atom. The van der Waals surface area contributed by atoms with Gasteiger partial charge in [0.25, 0.3) is 5.56 Å². The van der Waals surface area contributed by atoms with Gasteiger partial charge in [-0.2, -0.15) is 0 Å². The van der Waals surface area contributed by atoms with Crippen LogP contribution in [0.4, 0.5) is 0 Å². The van der Waals surface area contributed by atoms with Crippen LogP contribution in [0.25, 0.3) is 0 Å². The van der Waals surface area contributed by atoms with Gasteiger partial charge < -0.3 is 4.74 Å². The zero-order valence-electron chi connectivity index (χ0n) is 12.0. The summed E-state index contributed by atoms with van der Waals surface area (Å²) in [4.78, 5) is 26.0. The van der Waals surface area contributed by atoms with E-state index in [0.717, 1.165) is 12.8 Å². The minimum absolute atomic E-state index is 0.0800. The van der Waals surface area contributed by atoms with E-state index >= 15 is 0 Å². The minimum atomic E-state index is -0.386. The molecule has 0 aliphatic carbocycles. The molecule has 2 rings (SSSR count). The number of rotatable bonds is 3. The number of aromatic nitrogens is 2. The molecule has 3 atom stereocenters. The van der Waals surface area contributed by atoms with Crippen molar-refractivity contribution in [3.63, 3.8) is 0 Å². The number of ether oxygens (including phenoxy) is 1. The average molecular weight is 266 g/mol. The molecule has 0 aromatic carbocycles. The summed E-state index contributed by atoms with van der Waals surface area (Å²) in [5, 5.41) is 0. The molecule has 19 heavy (non-hydrogen) atoms. The van der Waals surface area contributed by atoms with E-state index in [0.29, 0.717) is 11.5 Å². The van der Waals surface area contributed by atoms with Gasteiger partial charge in [-0.3, -0.25) is 14.3 Å². The Kier molecular flexibility index (Phi) is 3.94. The molecule has 0 bridgehead atoms. The molecule has 3 unspecified atom stereocenters. The zero-order valence-corrected chi connectivity index (χ0v) is 12.0. The summed E-state index contributed by atoms with van der Waals surface area (Å²) in [6.45, 7) is 8.09. The molecule has 0 spiro atoms. The van der Waals surface area contributed by atoms with E-state index in [1.807, 2.05) is 13.8 Å². The van der Waals surface area contributed by atoms with Gasteiger partial charge in [-0.1, -0.05) is 27.7 Å². The summed E-state index contributed by atoms with van der Waals surface area (Å²) in [5.41, 5.74) is -0.0616. The van der Waals surface area contributed by atoms with Gasteiger partial charge in [-0.15, -0.1) is 0 Å². The van der Waals surface area contributed by atoms with Crippen LogP contribution >= 0.6 is 0 Å². The van der Waals surface area contributed by atoms with E-state index in [1.165, 1.54) is 4.57 Å². The van der Waals surface area contributed by atoms with E-state index < -0.39 is 0 Å². The number of hydrogen-bond donors (Lipinski definition) is 1. The van der Waals surface area contributed by atoms with Crippen LogP contribution in [0.3, 0.4) is 0 Å². The molecular formula is C14H22N2O3. The Balaban J connectivity index is 2.38. The van der Waals surface area contributed by atoms with Gasteiger partial charge in [0.2, 0.25) is 0 Å². The lowest BCUT2D eigenvalue weighted by molar-refractivity contribution is -0.00775. The highest BCUT2D eigenvalue weighted by Gasteiger charge is 2.32. The largest absolute Gasteiger partial charge is 0.354 e. The number of hydrogen-bond acceptors (Lipinski definition) is 3. The predicted molar refractivity (Wildman–Crippen MR) is 73.4 cm³/mol. The van der Waals surface area contributed by atoms with E-state index in [2.05, 4.69) is 18.8 Å². The Labute approximate surface area is 112 Å². The molecule has 2 heterocycles. The van der Waals surface area contributed by atoms with Crippen LogP contribution in [-0.4, -0.2) is 15.7 Å². The van der Waals surface area contributed by atoms with Crippen LogP contribution in [0.15, 0.2) is 15.8 Å². The average Bonchev–Trinajstić information content (AvgIpc) is 2.69.